The average molecular weight is 362 g/mol. The van der Waals surface area contributed by atoms with Gasteiger partial charge in [0, 0.05) is 34.3 Å². The number of rotatable bonds is 4. The molecule has 3 rings (SSSR count). The molecule has 0 saturated heterocycles. The summed E-state index contributed by atoms with van der Waals surface area (Å²) >= 11 is 6.10. The predicted octanol–water partition coefficient (Wildman–Crippen LogP) is 4.14. The Morgan fingerprint density at radius 2 is 1.96 bits per heavy atom. The summed E-state index contributed by atoms with van der Waals surface area (Å²) in [5.74, 6) is -1.48. The Labute approximate surface area is 146 Å². The highest BCUT2D eigenvalue weighted by Gasteiger charge is 2.14. The van der Waals surface area contributed by atoms with Gasteiger partial charge in [0.2, 0.25) is 0 Å². The van der Waals surface area contributed by atoms with E-state index in [0.29, 0.717) is 22.2 Å². The first-order valence-corrected chi connectivity index (χ1v) is 7.75. The predicted molar refractivity (Wildman–Crippen MR) is 93.6 cm³/mol. The van der Waals surface area contributed by atoms with E-state index in [1.165, 1.54) is 37.3 Å². The van der Waals surface area contributed by atoms with Crippen molar-refractivity contribution in [3.05, 3.63) is 63.7 Å². The molecule has 0 aliphatic rings. The van der Waals surface area contributed by atoms with Gasteiger partial charge in [-0.25, -0.2) is 9.18 Å². The third kappa shape index (κ3) is 3.49. The van der Waals surface area contributed by atoms with Crippen LogP contribution in [0.5, 0.6) is 0 Å². The zero-order valence-corrected chi connectivity index (χ0v) is 13.8. The van der Waals surface area contributed by atoms with Crippen molar-refractivity contribution in [2.24, 2.45) is 0 Å². The third-order valence-electron chi connectivity index (χ3n) is 3.72. The van der Waals surface area contributed by atoms with Gasteiger partial charge in [0.1, 0.15) is 17.4 Å². The topological polar surface area (TPSA) is 79.5 Å². The number of carbonyl (C=O) groups is 1. The van der Waals surface area contributed by atoms with Crippen LogP contribution in [-0.2, 0) is 4.79 Å². The molecule has 3 aromatic rings. The van der Waals surface area contributed by atoms with Gasteiger partial charge in [-0.1, -0.05) is 11.6 Å². The zero-order valence-electron chi connectivity index (χ0n) is 13.0. The summed E-state index contributed by atoms with van der Waals surface area (Å²) in [5, 5.41) is 12.5. The van der Waals surface area contributed by atoms with Crippen LogP contribution >= 0.6 is 11.6 Å². The van der Waals surface area contributed by atoms with E-state index in [1.54, 1.807) is 12.1 Å². The van der Waals surface area contributed by atoms with E-state index in [-0.39, 0.29) is 10.6 Å². The lowest BCUT2D eigenvalue weighted by Crippen LogP contribution is -2.25. The number of benzene rings is 2. The molecule has 0 bridgehead atoms. The van der Waals surface area contributed by atoms with Crippen molar-refractivity contribution in [1.82, 2.24) is 0 Å². The molecule has 7 heteroatoms. The number of halogens is 2. The van der Waals surface area contributed by atoms with Gasteiger partial charge in [-0.15, -0.1) is 0 Å². The molecule has 0 spiro atoms. The molecule has 25 heavy (non-hydrogen) atoms. The summed E-state index contributed by atoms with van der Waals surface area (Å²) in [6.45, 7) is 1.50. The van der Waals surface area contributed by atoms with Gasteiger partial charge >= 0.3 is 11.6 Å². The number of anilines is 1. The van der Waals surface area contributed by atoms with Crippen LogP contribution in [0.3, 0.4) is 0 Å². The van der Waals surface area contributed by atoms with Gasteiger partial charge in [0.15, 0.2) is 0 Å². The van der Waals surface area contributed by atoms with Crippen LogP contribution in [-0.4, -0.2) is 17.1 Å². The molecule has 1 atom stereocenters. The van der Waals surface area contributed by atoms with Crippen LogP contribution < -0.4 is 10.9 Å². The maximum atomic E-state index is 13.3. The molecular weight excluding hydrogens is 349 g/mol. The smallest absolute Gasteiger partial charge is 0.336 e. The summed E-state index contributed by atoms with van der Waals surface area (Å²) in [6.07, 6.45) is 0. The summed E-state index contributed by atoms with van der Waals surface area (Å²) < 4.78 is 18.5. The molecule has 1 aromatic heterocycles. The van der Waals surface area contributed by atoms with Crippen LogP contribution in [0.15, 0.2) is 51.7 Å². The minimum absolute atomic E-state index is 0.175. The molecule has 2 aromatic carbocycles. The fourth-order valence-electron chi connectivity index (χ4n) is 2.49. The Balaban J connectivity index is 2.14. The van der Waals surface area contributed by atoms with Crippen LogP contribution in [0.1, 0.15) is 6.92 Å². The zero-order chi connectivity index (χ0) is 18.1. The van der Waals surface area contributed by atoms with E-state index in [1.807, 2.05) is 0 Å². The molecule has 2 N–H and O–H groups in total. The summed E-state index contributed by atoms with van der Waals surface area (Å²) in [6, 6.07) is 9.29. The maximum absolute atomic E-state index is 13.3. The second-order valence-electron chi connectivity index (χ2n) is 5.52. The quantitative estimate of drug-likeness (QED) is 0.683. The summed E-state index contributed by atoms with van der Waals surface area (Å²) in [5.41, 5.74) is 1.18. The number of fused-ring (bicyclic) bond motifs is 1. The fraction of sp³-hybridized carbons (Fsp3) is 0.111. The van der Waals surface area contributed by atoms with Crippen LogP contribution in [0.4, 0.5) is 10.1 Å². The number of carboxylic acid groups (broad SMARTS) is 1. The standard InChI is InChI=1S/C18H13ClFNO4/c1-9(18(23)24)21-11-3-5-13-14(8-17(22)25-16(13)7-11)12-4-2-10(20)6-15(12)19/h2-9,21H,1H3,(H,23,24)/t9-/m1/s1. The third-order valence-corrected chi connectivity index (χ3v) is 4.03. The monoisotopic (exact) mass is 361 g/mol. The Morgan fingerprint density at radius 1 is 1.20 bits per heavy atom. The lowest BCUT2D eigenvalue weighted by atomic mass is 10.0. The molecule has 0 unspecified atom stereocenters. The van der Waals surface area contributed by atoms with E-state index >= 15 is 0 Å². The highest BCUT2D eigenvalue weighted by Crippen LogP contribution is 2.33. The minimum Gasteiger partial charge on any atom is -0.480 e. The lowest BCUT2D eigenvalue weighted by Gasteiger charge is -2.12. The van der Waals surface area contributed by atoms with Crippen LogP contribution in [0.25, 0.3) is 22.1 Å². The number of hydrogen-bond acceptors (Lipinski definition) is 4. The molecule has 128 valence electrons. The van der Waals surface area contributed by atoms with E-state index in [2.05, 4.69) is 5.32 Å². The highest BCUT2D eigenvalue weighted by atomic mass is 35.5. The van der Waals surface area contributed by atoms with E-state index in [9.17, 15) is 14.0 Å². The normalized spacial score (nSPS) is 12.1. The first kappa shape index (κ1) is 17.0. The molecule has 0 aliphatic carbocycles. The second kappa shape index (κ2) is 6.57. The molecular formula is C18H13ClFNO4. The first-order valence-electron chi connectivity index (χ1n) is 7.38. The molecule has 0 aliphatic heterocycles. The van der Waals surface area contributed by atoms with Crippen molar-refractivity contribution in [2.75, 3.05) is 5.32 Å². The van der Waals surface area contributed by atoms with Gasteiger partial charge < -0.3 is 14.8 Å². The molecule has 0 fully saturated rings. The Bertz CT molecular complexity index is 1030. The Kier molecular flexibility index (Phi) is 4.46. The van der Waals surface area contributed by atoms with Gasteiger partial charge in [-0.3, -0.25) is 4.79 Å². The average Bonchev–Trinajstić information content (AvgIpc) is 2.53. The number of aliphatic carboxylic acids is 1. The van der Waals surface area contributed by atoms with Crippen molar-refractivity contribution in [2.45, 2.75) is 13.0 Å². The largest absolute Gasteiger partial charge is 0.480 e. The molecule has 0 saturated carbocycles. The second-order valence-corrected chi connectivity index (χ2v) is 5.93. The highest BCUT2D eigenvalue weighted by molar-refractivity contribution is 6.33. The van der Waals surface area contributed by atoms with Crippen molar-refractivity contribution in [3.8, 4) is 11.1 Å². The van der Waals surface area contributed by atoms with Gasteiger partial charge in [-0.05, 0) is 37.3 Å². The Morgan fingerprint density at radius 3 is 2.64 bits per heavy atom. The van der Waals surface area contributed by atoms with Crippen LogP contribution in [0, 0.1) is 5.82 Å². The Hall–Kier alpha value is -2.86. The first-order chi connectivity index (χ1) is 11.8. The van der Waals surface area contributed by atoms with E-state index in [0.717, 1.165) is 0 Å². The lowest BCUT2D eigenvalue weighted by molar-refractivity contribution is -0.137. The summed E-state index contributed by atoms with van der Waals surface area (Å²) in [7, 11) is 0. The van der Waals surface area contributed by atoms with E-state index in [4.69, 9.17) is 21.1 Å². The van der Waals surface area contributed by atoms with E-state index < -0.39 is 23.5 Å². The van der Waals surface area contributed by atoms with Crippen molar-refractivity contribution < 1.29 is 18.7 Å². The molecule has 1 heterocycles. The van der Waals surface area contributed by atoms with Crippen molar-refractivity contribution in [3.63, 3.8) is 0 Å². The number of hydrogen-bond donors (Lipinski definition) is 2. The number of nitrogens with one attached hydrogen (secondary N) is 1. The summed E-state index contributed by atoms with van der Waals surface area (Å²) in [4.78, 5) is 22.8. The van der Waals surface area contributed by atoms with Gasteiger partial charge in [0.25, 0.3) is 0 Å². The fourth-order valence-corrected chi connectivity index (χ4v) is 2.76. The van der Waals surface area contributed by atoms with Crippen LogP contribution in [0.2, 0.25) is 5.02 Å². The minimum atomic E-state index is -1.01. The molecule has 5 nitrogen and oxygen atoms in total. The number of carboxylic acids is 1. The molecule has 0 radical (unpaired) electrons. The maximum Gasteiger partial charge on any atom is 0.336 e. The van der Waals surface area contributed by atoms with Gasteiger partial charge in [-0.2, -0.15) is 0 Å². The van der Waals surface area contributed by atoms with Gasteiger partial charge in [0.05, 0.1) is 5.02 Å². The SMILES string of the molecule is C[C@@H](Nc1ccc2c(-c3ccc(F)cc3Cl)cc(=O)oc2c1)C(=O)O. The molecule has 0 amide bonds. The van der Waals surface area contributed by atoms with Crippen molar-refractivity contribution in [1.29, 1.82) is 0 Å². The van der Waals surface area contributed by atoms with Crippen molar-refractivity contribution >= 4 is 34.2 Å².